The van der Waals surface area contributed by atoms with Gasteiger partial charge in [0, 0.05) is 12.8 Å². The molecule has 0 aliphatic carbocycles. The fraction of sp³-hybridized carbons (Fsp3) is 0.618. The number of quaternary nitrogens is 1. The number of carboxylic acid groups (broad SMARTS) is 1. The second-order valence-electron chi connectivity index (χ2n) is 23.0. The predicted octanol–water partition coefficient (Wildman–Crippen LogP) is 20.9. The number of hydrogen-bond acceptors (Lipinski definition) is 7. The minimum Gasteiger partial charge on any atom is -0.477 e. The summed E-state index contributed by atoms with van der Waals surface area (Å²) in [5.41, 5.74) is 0. The lowest BCUT2D eigenvalue weighted by atomic mass is 10.0. The summed E-state index contributed by atoms with van der Waals surface area (Å²) in [4.78, 5) is 37.6. The maximum atomic E-state index is 12.9. The summed E-state index contributed by atoms with van der Waals surface area (Å²) in [5, 5.41) is 9.73. The molecule has 0 radical (unpaired) electrons. The van der Waals surface area contributed by atoms with E-state index in [0.29, 0.717) is 23.9 Å². The van der Waals surface area contributed by atoms with E-state index in [2.05, 4.69) is 172 Å². The highest BCUT2D eigenvalue weighted by atomic mass is 16.7. The number of allylic oxidation sites excluding steroid dienone is 26. The van der Waals surface area contributed by atoms with Gasteiger partial charge in [-0.15, -0.1) is 0 Å². The Kier molecular flexibility index (Phi) is 61.0. The molecule has 9 heteroatoms. The van der Waals surface area contributed by atoms with Crippen molar-refractivity contribution in [1.82, 2.24) is 0 Å². The van der Waals surface area contributed by atoms with Crippen LogP contribution in [0.15, 0.2) is 158 Å². The molecule has 0 aliphatic heterocycles. The molecule has 9 nitrogen and oxygen atoms in total. The van der Waals surface area contributed by atoms with Crippen molar-refractivity contribution in [2.45, 2.75) is 257 Å². The van der Waals surface area contributed by atoms with Crippen molar-refractivity contribution in [2.24, 2.45) is 0 Å². The zero-order chi connectivity index (χ0) is 61.9. The van der Waals surface area contributed by atoms with Gasteiger partial charge in [-0.05, 0) is 116 Å². The number of unbranched alkanes of at least 4 members (excludes halogenated alkanes) is 19. The highest BCUT2D eigenvalue weighted by molar-refractivity contribution is 5.71. The number of likely N-dealkylation sites (N-methyl/N-ethyl adjacent to an activating group) is 1. The van der Waals surface area contributed by atoms with Crippen molar-refractivity contribution in [3.05, 3.63) is 158 Å². The molecule has 0 saturated heterocycles. The highest BCUT2D eigenvalue weighted by Crippen LogP contribution is 2.16. The first-order valence-electron chi connectivity index (χ1n) is 33.6. The van der Waals surface area contributed by atoms with E-state index in [4.69, 9.17) is 18.9 Å². The fourth-order valence-corrected chi connectivity index (χ4v) is 8.71. The molecular formula is C76H124NO8+. The molecule has 0 aromatic rings. The van der Waals surface area contributed by atoms with Gasteiger partial charge >= 0.3 is 17.9 Å². The third kappa shape index (κ3) is 66.3. The first-order valence-corrected chi connectivity index (χ1v) is 33.6. The van der Waals surface area contributed by atoms with Crippen LogP contribution in [0.2, 0.25) is 0 Å². The smallest absolute Gasteiger partial charge is 0.361 e. The zero-order valence-corrected chi connectivity index (χ0v) is 54.7. The van der Waals surface area contributed by atoms with Crippen molar-refractivity contribution in [3.8, 4) is 0 Å². The van der Waals surface area contributed by atoms with E-state index in [9.17, 15) is 19.5 Å². The van der Waals surface area contributed by atoms with Crippen molar-refractivity contribution in [1.29, 1.82) is 0 Å². The Morgan fingerprint density at radius 3 is 0.976 bits per heavy atom. The van der Waals surface area contributed by atoms with Crippen molar-refractivity contribution in [2.75, 3.05) is 47.5 Å². The summed E-state index contributed by atoms with van der Waals surface area (Å²) < 4.78 is 22.9. The molecule has 0 saturated carbocycles. The molecular weight excluding hydrogens is 1050 g/mol. The summed E-state index contributed by atoms with van der Waals surface area (Å²) >= 11 is 0. The number of carboxylic acids is 1. The molecule has 2 unspecified atom stereocenters. The molecule has 0 aromatic carbocycles. The van der Waals surface area contributed by atoms with Gasteiger partial charge in [0.15, 0.2) is 6.10 Å². The van der Waals surface area contributed by atoms with Crippen LogP contribution in [0, 0.1) is 0 Å². The Morgan fingerprint density at radius 1 is 0.353 bits per heavy atom. The van der Waals surface area contributed by atoms with E-state index in [-0.39, 0.29) is 38.6 Å². The predicted molar refractivity (Wildman–Crippen MR) is 363 cm³/mol. The Bertz CT molecular complexity index is 1950. The van der Waals surface area contributed by atoms with Crippen molar-refractivity contribution in [3.63, 3.8) is 0 Å². The summed E-state index contributed by atoms with van der Waals surface area (Å²) in [6.45, 7) is 4.58. The normalized spacial score (nSPS) is 13.8. The fourth-order valence-electron chi connectivity index (χ4n) is 8.71. The maximum absolute atomic E-state index is 12.9. The number of aliphatic carboxylic acids is 1. The lowest BCUT2D eigenvalue weighted by molar-refractivity contribution is -0.870. The monoisotopic (exact) mass is 1180 g/mol. The standard InChI is InChI=1S/C76H123NO8/c1-6-8-10-12-14-16-18-20-22-24-26-28-30-32-34-36-37-39-40-42-44-46-48-50-52-54-56-58-60-62-64-66-73(78)83-70-72(71-84-76(75(80)81)82-69-68-77(3,4)5)85-74(79)67-65-63-61-59-57-55-53-51-49-47-45-43-41-38-35-33-31-29-27-25-23-21-19-17-15-13-11-9-7-2/h8-11,14-17,20-23,26-29,33,35,41,43,47,49,53,55,59,61,72,76H,6-7,12-13,18-19,24-25,30-32,34,36-40,42,44-46,48,50-52,54,56-58,60,62-71H2,1-5H3/p+1/b10-8-,11-9-,16-14-,17-15-,22-20-,23-21-,28-26-,29-27-,35-33-,43-41-,49-47-,55-53-,61-59-. The first kappa shape index (κ1) is 79.9. The largest absolute Gasteiger partial charge is 0.477 e. The summed E-state index contributed by atoms with van der Waals surface area (Å²) in [6.07, 6.45) is 93.6. The Balaban J connectivity index is 4.26. The van der Waals surface area contributed by atoms with Crippen LogP contribution in [-0.4, -0.2) is 87.4 Å². The summed E-state index contributed by atoms with van der Waals surface area (Å²) in [5.74, 6) is -2.10. The van der Waals surface area contributed by atoms with Gasteiger partial charge in [0.2, 0.25) is 0 Å². The number of ether oxygens (including phenoxy) is 4. The molecule has 0 fully saturated rings. The van der Waals surface area contributed by atoms with Gasteiger partial charge in [-0.1, -0.05) is 275 Å². The molecule has 0 bridgehead atoms. The van der Waals surface area contributed by atoms with Gasteiger partial charge in [-0.2, -0.15) is 0 Å². The van der Waals surface area contributed by atoms with Gasteiger partial charge in [0.1, 0.15) is 13.2 Å². The van der Waals surface area contributed by atoms with E-state index in [1.54, 1.807) is 0 Å². The van der Waals surface area contributed by atoms with E-state index in [0.717, 1.165) is 103 Å². The minimum absolute atomic E-state index is 0.169. The van der Waals surface area contributed by atoms with Gasteiger partial charge in [0.05, 0.1) is 34.4 Å². The number of carbonyl (C=O) groups excluding carboxylic acids is 2. The average molecular weight is 1180 g/mol. The van der Waals surface area contributed by atoms with Crippen LogP contribution in [0.4, 0.5) is 0 Å². The topological polar surface area (TPSA) is 108 Å². The van der Waals surface area contributed by atoms with Crippen LogP contribution < -0.4 is 0 Å². The molecule has 85 heavy (non-hydrogen) atoms. The van der Waals surface area contributed by atoms with Crippen LogP contribution in [0.1, 0.15) is 245 Å². The SMILES string of the molecule is CC/C=C\C/C=C\C/C=C\C/C=C\C/C=C\C/C=C\C/C=C\C/C=C\C/C=C\CCCC(=O)OC(COC(=O)CCCCCCCCCCCCCCCCCCCC/C=C\C/C=C\C/C=C\C/C=C\CC)COC(OCC[N+](C)(C)C)C(=O)O. The molecule has 0 heterocycles. The van der Waals surface area contributed by atoms with Gasteiger partial charge in [-0.3, -0.25) is 9.59 Å². The molecule has 0 aliphatic rings. The third-order valence-corrected chi connectivity index (χ3v) is 13.8. The second-order valence-corrected chi connectivity index (χ2v) is 23.0. The van der Waals surface area contributed by atoms with Crippen LogP contribution in [0.5, 0.6) is 0 Å². The second kappa shape index (κ2) is 64.9. The Morgan fingerprint density at radius 2 is 0.647 bits per heavy atom. The first-order chi connectivity index (χ1) is 41.6. The van der Waals surface area contributed by atoms with Crippen LogP contribution in [-0.2, 0) is 33.3 Å². The Hall–Kier alpha value is -5.09. The van der Waals surface area contributed by atoms with E-state index in [1.165, 1.54) is 103 Å². The lowest BCUT2D eigenvalue weighted by Crippen LogP contribution is -2.40. The van der Waals surface area contributed by atoms with Gasteiger partial charge < -0.3 is 28.5 Å². The van der Waals surface area contributed by atoms with E-state index in [1.807, 2.05) is 21.1 Å². The van der Waals surface area contributed by atoms with Crippen molar-refractivity contribution < 1.29 is 42.9 Å². The molecule has 0 spiro atoms. The number of rotatable bonds is 60. The highest BCUT2D eigenvalue weighted by Gasteiger charge is 2.25. The van der Waals surface area contributed by atoms with Crippen LogP contribution >= 0.6 is 0 Å². The Labute approximate surface area is 521 Å². The van der Waals surface area contributed by atoms with E-state index >= 15 is 0 Å². The number of hydrogen-bond donors (Lipinski definition) is 1. The van der Waals surface area contributed by atoms with E-state index < -0.39 is 24.3 Å². The molecule has 0 aromatic heterocycles. The van der Waals surface area contributed by atoms with Gasteiger partial charge in [-0.25, -0.2) is 4.79 Å². The summed E-state index contributed by atoms with van der Waals surface area (Å²) in [6, 6.07) is 0. The number of carbonyl (C=O) groups is 3. The van der Waals surface area contributed by atoms with Crippen molar-refractivity contribution >= 4 is 17.9 Å². The minimum atomic E-state index is -1.54. The number of nitrogens with zero attached hydrogens (tertiary/aromatic N) is 1. The molecule has 480 valence electrons. The molecule has 0 amide bonds. The zero-order valence-electron chi connectivity index (χ0n) is 54.7. The molecule has 2 atom stereocenters. The quantitative estimate of drug-likeness (QED) is 0.0211. The molecule has 0 rings (SSSR count). The molecule has 1 N–H and O–H groups in total. The average Bonchev–Trinajstić information content (AvgIpc) is 3.48. The number of esters is 2. The van der Waals surface area contributed by atoms with Gasteiger partial charge in [0.25, 0.3) is 6.29 Å². The van der Waals surface area contributed by atoms with Crippen LogP contribution in [0.25, 0.3) is 0 Å². The summed E-state index contributed by atoms with van der Waals surface area (Å²) in [7, 11) is 5.95. The lowest BCUT2D eigenvalue weighted by Gasteiger charge is -2.25. The maximum Gasteiger partial charge on any atom is 0.361 e. The third-order valence-electron chi connectivity index (χ3n) is 13.8. The van der Waals surface area contributed by atoms with Crippen LogP contribution in [0.3, 0.4) is 0 Å².